The monoisotopic (exact) mass is 190 g/mol. The van der Waals surface area contributed by atoms with Crippen LogP contribution in [0, 0.1) is 5.92 Å². The molecule has 0 bridgehead atoms. The zero-order valence-electron chi connectivity index (χ0n) is 8.23. The van der Waals surface area contributed by atoms with Crippen LogP contribution in [0.15, 0.2) is 24.3 Å². The highest BCUT2D eigenvalue weighted by atomic mass is 16.3. The van der Waals surface area contributed by atoms with E-state index in [0.717, 1.165) is 12.0 Å². The quantitative estimate of drug-likeness (QED) is 0.738. The van der Waals surface area contributed by atoms with Crippen LogP contribution >= 0.6 is 0 Å². The number of benzene rings is 1. The number of carbonyl (C=O) groups is 1. The van der Waals surface area contributed by atoms with Crippen molar-refractivity contribution in [2.75, 3.05) is 0 Å². The lowest BCUT2D eigenvalue weighted by molar-refractivity contribution is 0.0696. The third-order valence-electron chi connectivity index (χ3n) is 3.00. The summed E-state index contributed by atoms with van der Waals surface area (Å²) in [5.41, 5.74) is 1.50. The van der Waals surface area contributed by atoms with Crippen LogP contribution in [0.5, 0.6) is 0 Å². The number of carbonyl (C=O) groups excluding carboxylic acids is 1. The van der Waals surface area contributed by atoms with Gasteiger partial charge in [-0.05, 0) is 11.5 Å². The number of hydrogen-bond acceptors (Lipinski definition) is 2. The van der Waals surface area contributed by atoms with Gasteiger partial charge in [-0.3, -0.25) is 4.79 Å². The Kier molecular flexibility index (Phi) is 2.38. The molecule has 74 valence electrons. The van der Waals surface area contributed by atoms with Gasteiger partial charge in [0.1, 0.15) is 0 Å². The molecule has 1 aliphatic rings. The van der Waals surface area contributed by atoms with Gasteiger partial charge in [0.05, 0.1) is 6.10 Å². The Morgan fingerprint density at radius 2 is 2.14 bits per heavy atom. The Balaban J connectivity index is 2.46. The van der Waals surface area contributed by atoms with E-state index in [-0.39, 0.29) is 11.7 Å². The molecule has 0 radical (unpaired) electrons. The number of Topliss-reactive ketones (excluding diaryl/α,β-unsaturated/α-hetero) is 1. The fourth-order valence-corrected chi connectivity index (χ4v) is 2.09. The van der Waals surface area contributed by atoms with Crippen LogP contribution in [0.3, 0.4) is 0 Å². The first kappa shape index (κ1) is 9.41. The zero-order valence-corrected chi connectivity index (χ0v) is 8.23. The molecule has 14 heavy (non-hydrogen) atoms. The highest BCUT2D eigenvalue weighted by Gasteiger charge is 2.30. The molecule has 0 amide bonds. The number of hydrogen-bond donors (Lipinski definition) is 1. The summed E-state index contributed by atoms with van der Waals surface area (Å²) in [4.78, 5) is 11.7. The predicted molar refractivity (Wildman–Crippen MR) is 54.1 cm³/mol. The lowest BCUT2D eigenvalue weighted by Gasteiger charge is -2.28. The van der Waals surface area contributed by atoms with Crippen LogP contribution in [-0.2, 0) is 0 Å². The van der Waals surface area contributed by atoms with Gasteiger partial charge in [0, 0.05) is 12.0 Å². The molecule has 1 aliphatic carbocycles. The fraction of sp³-hybridized carbons (Fsp3) is 0.417. The molecule has 2 heteroatoms. The Labute approximate surface area is 83.6 Å². The van der Waals surface area contributed by atoms with E-state index >= 15 is 0 Å². The Morgan fingerprint density at radius 3 is 2.86 bits per heavy atom. The topological polar surface area (TPSA) is 37.3 Å². The molecule has 0 spiro atoms. The van der Waals surface area contributed by atoms with Gasteiger partial charge in [0.15, 0.2) is 5.78 Å². The SMILES string of the molecule is CCC1CC(=O)c2ccccc2C1O. The van der Waals surface area contributed by atoms with Gasteiger partial charge in [-0.25, -0.2) is 0 Å². The largest absolute Gasteiger partial charge is 0.388 e. The Bertz CT molecular complexity index is 357. The molecule has 0 heterocycles. The van der Waals surface area contributed by atoms with E-state index in [1.807, 2.05) is 25.1 Å². The average Bonchev–Trinajstić information content (AvgIpc) is 2.23. The zero-order chi connectivity index (χ0) is 10.1. The molecular formula is C12H14O2. The number of rotatable bonds is 1. The van der Waals surface area contributed by atoms with Gasteiger partial charge in [0.2, 0.25) is 0 Å². The van der Waals surface area contributed by atoms with Gasteiger partial charge in [0.25, 0.3) is 0 Å². The number of ketones is 1. The molecule has 1 aromatic carbocycles. The minimum atomic E-state index is -0.464. The highest BCUT2D eigenvalue weighted by molar-refractivity contribution is 5.98. The Morgan fingerprint density at radius 1 is 1.43 bits per heavy atom. The molecule has 2 nitrogen and oxygen atoms in total. The smallest absolute Gasteiger partial charge is 0.163 e. The first-order valence-corrected chi connectivity index (χ1v) is 5.04. The maximum Gasteiger partial charge on any atom is 0.163 e. The molecule has 2 rings (SSSR count). The number of fused-ring (bicyclic) bond motifs is 1. The van der Waals surface area contributed by atoms with Gasteiger partial charge < -0.3 is 5.11 Å². The fourth-order valence-electron chi connectivity index (χ4n) is 2.09. The van der Waals surface area contributed by atoms with Crippen molar-refractivity contribution in [3.8, 4) is 0 Å². The molecule has 0 saturated carbocycles. The maximum atomic E-state index is 11.7. The summed E-state index contributed by atoms with van der Waals surface area (Å²) in [6, 6.07) is 7.36. The molecule has 0 aliphatic heterocycles. The Hall–Kier alpha value is -1.15. The normalized spacial score (nSPS) is 26.0. The predicted octanol–water partition coefficient (Wildman–Crippen LogP) is 2.33. The van der Waals surface area contributed by atoms with E-state index in [2.05, 4.69) is 0 Å². The number of aliphatic hydroxyl groups excluding tert-OH is 1. The summed E-state index contributed by atoms with van der Waals surface area (Å²) < 4.78 is 0. The molecule has 2 atom stereocenters. The average molecular weight is 190 g/mol. The third-order valence-corrected chi connectivity index (χ3v) is 3.00. The van der Waals surface area contributed by atoms with Gasteiger partial charge >= 0.3 is 0 Å². The van der Waals surface area contributed by atoms with Crippen LogP contribution in [0.1, 0.15) is 41.8 Å². The van der Waals surface area contributed by atoms with E-state index in [9.17, 15) is 9.90 Å². The molecule has 2 unspecified atom stereocenters. The van der Waals surface area contributed by atoms with Crippen molar-refractivity contribution in [2.24, 2.45) is 5.92 Å². The second kappa shape index (κ2) is 3.54. The summed E-state index contributed by atoms with van der Waals surface area (Å²) in [6.45, 7) is 2.01. The van der Waals surface area contributed by atoms with E-state index < -0.39 is 6.10 Å². The minimum absolute atomic E-state index is 0.0948. The summed E-state index contributed by atoms with van der Waals surface area (Å²) in [5, 5.41) is 9.99. The number of aliphatic hydroxyl groups is 1. The van der Waals surface area contributed by atoms with Gasteiger partial charge in [-0.1, -0.05) is 37.6 Å². The van der Waals surface area contributed by atoms with Crippen molar-refractivity contribution < 1.29 is 9.90 Å². The summed E-state index contributed by atoms with van der Waals surface area (Å²) in [6.07, 6.45) is 0.865. The van der Waals surface area contributed by atoms with E-state index in [0.29, 0.717) is 12.0 Å². The van der Waals surface area contributed by atoms with Crippen molar-refractivity contribution in [1.82, 2.24) is 0 Å². The first-order chi connectivity index (χ1) is 6.74. The molecule has 0 saturated heterocycles. The standard InChI is InChI=1S/C12H14O2/c1-2-8-7-11(13)9-5-3-4-6-10(9)12(8)14/h3-6,8,12,14H,2,7H2,1H3. The van der Waals surface area contributed by atoms with E-state index in [4.69, 9.17) is 0 Å². The molecule has 1 N–H and O–H groups in total. The second-order valence-corrected chi connectivity index (χ2v) is 3.83. The third kappa shape index (κ3) is 1.36. The van der Waals surface area contributed by atoms with Crippen molar-refractivity contribution >= 4 is 5.78 Å². The van der Waals surface area contributed by atoms with Gasteiger partial charge in [-0.15, -0.1) is 0 Å². The van der Waals surface area contributed by atoms with Crippen LogP contribution in [0.2, 0.25) is 0 Å². The van der Waals surface area contributed by atoms with E-state index in [1.54, 1.807) is 6.07 Å². The van der Waals surface area contributed by atoms with Crippen LogP contribution in [0.25, 0.3) is 0 Å². The van der Waals surface area contributed by atoms with Crippen LogP contribution in [-0.4, -0.2) is 10.9 Å². The van der Waals surface area contributed by atoms with Crippen LogP contribution < -0.4 is 0 Å². The first-order valence-electron chi connectivity index (χ1n) is 5.04. The maximum absolute atomic E-state index is 11.7. The van der Waals surface area contributed by atoms with E-state index in [1.165, 1.54) is 0 Å². The van der Waals surface area contributed by atoms with Crippen molar-refractivity contribution in [1.29, 1.82) is 0 Å². The second-order valence-electron chi connectivity index (χ2n) is 3.83. The van der Waals surface area contributed by atoms with Crippen molar-refractivity contribution in [2.45, 2.75) is 25.9 Å². The molecule has 1 aromatic rings. The minimum Gasteiger partial charge on any atom is -0.388 e. The summed E-state index contributed by atoms with van der Waals surface area (Å²) in [5.74, 6) is 0.259. The van der Waals surface area contributed by atoms with Gasteiger partial charge in [-0.2, -0.15) is 0 Å². The molecule has 0 aromatic heterocycles. The van der Waals surface area contributed by atoms with Crippen molar-refractivity contribution in [3.05, 3.63) is 35.4 Å². The molecular weight excluding hydrogens is 176 g/mol. The summed E-state index contributed by atoms with van der Waals surface area (Å²) in [7, 11) is 0. The van der Waals surface area contributed by atoms with Crippen molar-refractivity contribution in [3.63, 3.8) is 0 Å². The lowest BCUT2D eigenvalue weighted by Crippen LogP contribution is -2.24. The molecule has 0 fully saturated rings. The van der Waals surface area contributed by atoms with Crippen LogP contribution in [0.4, 0.5) is 0 Å². The lowest BCUT2D eigenvalue weighted by atomic mass is 9.79. The summed E-state index contributed by atoms with van der Waals surface area (Å²) >= 11 is 0. The highest BCUT2D eigenvalue weighted by Crippen LogP contribution is 2.35.